The number of fused-ring (bicyclic) bond motifs is 1. The Balaban J connectivity index is 1.63. The fourth-order valence-corrected chi connectivity index (χ4v) is 4.16. The van der Waals surface area contributed by atoms with Crippen LogP contribution in [-0.2, 0) is 4.79 Å². The lowest BCUT2D eigenvalue weighted by Gasteiger charge is -2.20. The highest BCUT2D eigenvalue weighted by atomic mass is 16.5. The lowest BCUT2D eigenvalue weighted by Crippen LogP contribution is -2.33. The van der Waals surface area contributed by atoms with Gasteiger partial charge in [-0.3, -0.25) is 4.79 Å². The number of carbonyl (C=O) groups is 1. The Kier molecular flexibility index (Phi) is 5.14. The van der Waals surface area contributed by atoms with Gasteiger partial charge < -0.3 is 15.0 Å². The molecule has 1 aliphatic rings. The molecule has 0 radical (unpaired) electrons. The Morgan fingerprint density at radius 3 is 2.63 bits per heavy atom. The van der Waals surface area contributed by atoms with E-state index in [1.54, 1.807) is 7.11 Å². The zero-order valence-electron chi connectivity index (χ0n) is 15.7. The van der Waals surface area contributed by atoms with Crippen molar-refractivity contribution in [3.63, 3.8) is 0 Å². The largest absolute Gasteiger partial charge is 0.497 e. The molecule has 1 fully saturated rings. The zero-order valence-corrected chi connectivity index (χ0v) is 15.7. The van der Waals surface area contributed by atoms with Crippen LogP contribution in [0, 0.1) is 5.92 Å². The summed E-state index contributed by atoms with van der Waals surface area (Å²) in [7, 11) is 1.67. The topological polar surface area (TPSA) is 54.1 Å². The van der Waals surface area contributed by atoms with Crippen LogP contribution in [0.4, 0.5) is 0 Å². The molecule has 27 heavy (non-hydrogen) atoms. The minimum absolute atomic E-state index is 0.0948. The van der Waals surface area contributed by atoms with Crippen LogP contribution in [0.1, 0.15) is 42.7 Å². The number of H-pyrrole nitrogens is 1. The van der Waals surface area contributed by atoms with E-state index in [1.807, 2.05) is 18.2 Å². The Hall–Kier alpha value is -2.75. The van der Waals surface area contributed by atoms with Crippen molar-refractivity contribution in [2.75, 3.05) is 13.7 Å². The predicted molar refractivity (Wildman–Crippen MR) is 108 cm³/mol. The molecule has 0 aliphatic heterocycles. The molecule has 1 aromatic heterocycles. The van der Waals surface area contributed by atoms with Gasteiger partial charge in [-0.05, 0) is 42.2 Å². The van der Waals surface area contributed by atoms with Crippen LogP contribution in [0.3, 0.4) is 0 Å². The number of aromatic nitrogens is 1. The summed E-state index contributed by atoms with van der Waals surface area (Å²) in [5, 5.41) is 4.42. The van der Waals surface area contributed by atoms with Crippen LogP contribution in [0.5, 0.6) is 5.75 Å². The molecule has 140 valence electrons. The monoisotopic (exact) mass is 362 g/mol. The second-order valence-corrected chi connectivity index (χ2v) is 7.34. The number of aromatic amines is 1. The second kappa shape index (κ2) is 7.87. The maximum atomic E-state index is 12.6. The summed E-state index contributed by atoms with van der Waals surface area (Å²) in [6.45, 7) is 0.601. The van der Waals surface area contributed by atoms with Gasteiger partial charge in [0, 0.05) is 35.5 Å². The van der Waals surface area contributed by atoms with Crippen LogP contribution in [0.2, 0.25) is 0 Å². The van der Waals surface area contributed by atoms with Crippen LogP contribution in [0.25, 0.3) is 10.9 Å². The van der Waals surface area contributed by atoms with Crippen molar-refractivity contribution in [3.8, 4) is 5.75 Å². The number of methoxy groups -OCH3 is 1. The first-order valence-electron chi connectivity index (χ1n) is 9.74. The molecule has 4 nitrogen and oxygen atoms in total. The average Bonchev–Trinajstić information content (AvgIpc) is 3.39. The number of para-hydroxylation sites is 1. The van der Waals surface area contributed by atoms with Crippen molar-refractivity contribution in [1.29, 1.82) is 0 Å². The van der Waals surface area contributed by atoms with E-state index in [1.165, 1.54) is 29.4 Å². The molecule has 2 aromatic carbocycles. The van der Waals surface area contributed by atoms with Gasteiger partial charge in [0.25, 0.3) is 0 Å². The molecule has 2 N–H and O–H groups in total. The summed E-state index contributed by atoms with van der Waals surface area (Å²) < 4.78 is 5.30. The minimum Gasteiger partial charge on any atom is -0.497 e. The van der Waals surface area contributed by atoms with Crippen LogP contribution in [-0.4, -0.2) is 24.5 Å². The van der Waals surface area contributed by atoms with E-state index < -0.39 is 0 Å². The van der Waals surface area contributed by atoms with Gasteiger partial charge in [-0.1, -0.05) is 43.2 Å². The molecule has 4 rings (SSSR count). The fourth-order valence-electron chi connectivity index (χ4n) is 4.16. The SMILES string of the molecule is COc1ccc([C@H](CNC(=O)C2CCCC2)c2c[nH]c3ccccc23)cc1. The van der Waals surface area contributed by atoms with Crippen molar-refractivity contribution >= 4 is 16.8 Å². The van der Waals surface area contributed by atoms with E-state index >= 15 is 0 Å². The van der Waals surface area contributed by atoms with Crippen LogP contribution in [0.15, 0.2) is 54.7 Å². The lowest BCUT2D eigenvalue weighted by molar-refractivity contribution is -0.124. The van der Waals surface area contributed by atoms with Gasteiger partial charge in [-0.25, -0.2) is 0 Å². The Morgan fingerprint density at radius 2 is 1.89 bits per heavy atom. The molecule has 0 bridgehead atoms. The third kappa shape index (κ3) is 3.70. The quantitative estimate of drug-likeness (QED) is 0.672. The molecule has 0 unspecified atom stereocenters. The lowest BCUT2D eigenvalue weighted by atomic mass is 9.90. The Labute approximate surface area is 159 Å². The zero-order chi connectivity index (χ0) is 18.6. The summed E-state index contributed by atoms with van der Waals surface area (Å²) in [6, 6.07) is 16.5. The molecule has 1 saturated carbocycles. The van der Waals surface area contributed by atoms with E-state index in [0.717, 1.165) is 24.1 Å². The third-order valence-electron chi connectivity index (χ3n) is 5.72. The predicted octanol–water partition coefficient (Wildman–Crippen LogP) is 4.61. The van der Waals surface area contributed by atoms with E-state index in [-0.39, 0.29) is 17.7 Å². The summed E-state index contributed by atoms with van der Waals surface area (Å²) >= 11 is 0. The van der Waals surface area contributed by atoms with Crippen molar-refractivity contribution < 1.29 is 9.53 Å². The van der Waals surface area contributed by atoms with Gasteiger partial charge in [-0.15, -0.1) is 0 Å². The first-order valence-corrected chi connectivity index (χ1v) is 9.74. The Bertz CT molecular complexity index is 908. The van der Waals surface area contributed by atoms with Crippen molar-refractivity contribution in [3.05, 3.63) is 65.9 Å². The van der Waals surface area contributed by atoms with Gasteiger partial charge >= 0.3 is 0 Å². The molecule has 0 spiro atoms. The van der Waals surface area contributed by atoms with Gasteiger partial charge in [0.1, 0.15) is 5.75 Å². The number of hydrogen-bond acceptors (Lipinski definition) is 2. The maximum Gasteiger partial charge on any atom is 0.223 e. The first-order chi connectivity index (χ1) is 13.3. The van der Waals surface area contributed by atoms with E-state index in [9.17, 15) is 4.79 Å². The van der Waals surface area contributed by atoms with E-state index in [2.05, 4.69) is 46.8 Å². The van der Waals surface area contributed by atoms with Crippen LogP contribution >= 0.6 is 0 Å². The second-order valence-electron chi connectivity index (χ2n) is 7.34. The van der Waals surface area contributed by atoms with Crippen LogP contribution < -0.4 is 10.1 Å². The maximum absolute atomic E-state index is 12.6. The first kappa shape index (κ1) is 17.7. The normalized spacial score (nSPS) is 15.7. The van der Waals surface area contributed by atoms with Gasteiger partial charge in [0.2, 0.25) is 5.91 Å². The van der Waals surface area contributed by atoms with Crippen molar-refractivity contribution in [1.82, 2.24) is 10.3 Å². The summed E-state index contributed by atoms with van der Waals surface area (Å²) in [4.78, 5) is 15.9. The molecule has 1 atom stereocenters. The van der Waals surface area contributed by atoms with Gasteiger partial charge in [0.05, 0.1) is 7.11 Å². The number of ether oxygens (including phenoxy) is 1. The Morgan fingerprint density at radius 1 is 1.15 bits per heavy atom. The number of amides is 1. The molecule has 0 saturated heterocycles. The summed E-state index contributed by atoms with van der Waals surface area (Å²) in [5.41, 5.74) is 3.50. The number of hydrogen-bond donors (Lipinski definition) is 2. The average molecular weight is 362 g/mol. The highest BCUT2D eigenvalue weighted by Crippen LogP contribution is 2.32. The standard InChI is InChI=1S/C23H26N2O2/c1-27-18-12-10-16(11-13-18)20(14-25-23(26)17-6-2-3-7-17)21-15-24-22-9-5-4-8-19(21)22/h4-5,8-13,15,17,20,24H,2-3,6-7,14H2,1H3,(H,25,26)/t20-/m0/s1. The number of carbonyl (C=O) groups excluding carboxylic acids is 1. The van der Waals surface area contributed by atoms with E-state index in [4.69, 9.17) is 4.74 Å². The highest BCUT2D eigenvalue weighted by molar-refractivity contribution is 5.84. The van der Waals surface area contributed by atoms with Crippen molar-refractivity contribution in [2.45, 2.75) is 31.6 Å². The molecular formula is C23H26N2O2. The third-order valence-corrected chi connectivity index (χ3v) is 5.72. The molecular weight excluding hydrogens is 336 g/mol. The highest BCUT2D eigenvalue weighted by Gasteiger charge is 2.24. The number of benzene rings is 2. The molecule has 3 aromatic rings. The van der Waals surface area contributed by atoms with Crippen molar-refractivity contribution in [2.24, 2.45) is 5.92 Å². The fraction of sp³-hybridized carbons (Fsp3) is 0.348. The molecule has 1 aliphatic carbocycles. The summed E-state index contributed by atoms with van der Waals surface area (Å²) in [6.07, 6.45) is 6.45. The smallest absolute Gasteiger partial charge is 0.223 e. The minimum atomic E-state index is 0.0948. The van der Waals surface area contributed by atoms with Gasteiger partial charge in [0.15, 0.2) is 0 Å². The molecule has 1 heterocycles. The van der Waals surface area contributed by atoms with E-state index in [0.29, 0.717) is 6.54 Å². The summed E-state index contributed by atoms with van der Waals surface area (Å²) in [5.74, 6) is 1.32. The molecule has 1 amide bonds. The molecule has 4 heteroatoms. The van der Waals surface area contributed by atoms with Gasteiger partial charge in [-0.2, -0.15) is 0 Å². The number of nitrogens with one attached hydrogen (secondary N) is 2. The number of rotatable bonds is 6.